The highest BCUT2D eigenvalue weighted by atomic mass is 16.4. The highest BCUT2D eigenvalue weighted by Crippen LogP contribution is 2.04. The van der Waals surface area contributed by atoms with Gasteiger partial charge in [-0.15, -0.1) is 0 Å². The van der Waals surface area contributed by atoms with E-state index in [1.165, 1.54) is 25.7 Å². The quantitative estimate of drug-likeness (QED) is 0.503. The summed E-state index contributed by atoms with van der Waals surface area (Å²) in [6, 6.07) is 0. The Hall–Kier alpha value is -0.160. The van der Waals surface area contributed by atoms with E-state index in [1.54, 1.807) is 0 Å². The van der Waals surface area contributed by atoms with Gasteiger partial charge >= 0.3 is 0 Å². The maximum Gasteiger partial charge on any atom is 0.108 e. The van der Waals surface area contributed by atoms with Crippen molar-refractivity contribution in [2.45, 2.75) is 39.5 Å². The summed E-state index contributed by atoms with van der Waals surface area (Å²) in [7, 11) is 0. The van der Waals surface area contributed by atoms with Crippen molar-refractivity contribution >= 4 is 0 Å². The smallest absolute Gasteiger partial charge is 0.108 e. The summed E-state index contributed by atoms with van der Waals surface area (Å²) in [5, 5.41) is 26.9. The van der Waals surface area contributed by atoms with Crippen molar-refractivity contribution < 1.29 is 15.3 Å². The lowest BCUT2D eigenvalue weighted by atomic mass is 10.4. The van der Waals surface area contributed by atoms with Crippen molar-refractivity contribution in [1.29, 1.82) is 0 Å². The van der Waals surface area contributed by atoms with E-state index in [2.05, 4.69) is 0 Å². The van der Waals surface area contributed by atoms with Gasteiger partial charge in [0.2, 0.25) is 0 Å². The van der Waals surface area contributed by atoms with Crippen LogP contribution in [0.3, 0.4) is 0 Å². The van der Waals surface area contributed by atoms with E-state index in [1.807, 2.05) is 0 Å². The van der Waals surface area contributed by atoms with Gasteiger partial charge in [-0.05, 0) is 20.8 Å². The lowest BCUT2D eigenvalue weighted by Gasteiger charge is -2.30. The van der Waals surface area contributed by atoms with Crippen LogP contribution in [0.1, 0.15) is 20.8 Å². The zero-order valence-corrected chi connectivity index (χ0v) is 7.52. The molecule has 0 aliphatic heterocycles. The van der Waals surface area contributed by atoms with Crippen molar-refractivity contribution in [3.05, 3.63) is 7.43 Å². The first-order valence-corrected chi connectivity index (χ1v) is 3.28. The summed E-state index contributed by atoms with van der Waals surface area (Å²) in [4.78, 5) is 1.17. The van der Waals surface area contributed by atoms with Crippen LogP contribution in [-0.2, 0) is 0 Å². The summed E-state index contributed by atoms with van der Waals surface area (Å²) in [5.74, 6) is 0. The number of hydrogen-bond donors (Lipinski definition) is 3. The minimum Gasteiger partial charge on any atom is -0.379 e. The molecule has 0 aliphatic carbocycles. The second-order valence-electron chi connectivity index (χ2n) is 2.34. The van der Waals surface area contributed by atoms with Crippen LogP contribution in [0, 0.1) is 7.43 Å². The molecule has 0 amide bonds. The summed E-state index contributed by atoms with van der Waals surface area (Å²) in [6.07, 6.45) is -2.50. The van der Waals surface area contributed by atoms with E-state index in [-0.39, 0.29) is 7.43 Å². The molecule has 0 saturated heterocycles. The Kier molecular flexibility index (Phi) is 6.70. The first-order chi connectivity index (χ1) is 4.46. The molecule has 0 heterocycles. The lowest BCUT2D eigenvalue weighted by molar-refractivity contribution is -0.159. The predicted molar refractivity (Wildman–Crippen MR) is 43.3 cm³/mol. The Balaban J connectivity index is 0. The van der Waals surface area contributed by atoms with Crippen LogP contribution in [0.4, 0.5) is 0 Å². The van der Waals surface area contributed by atoms with Gasteiger partial charge in [0.1, 0.15) is 18.7 Å². The maximum atomic E-state index is 8.96. The zero-order valence-electron chi connectivity index (χ0n) is 7.52. The molecule has 0 aromatic rings. The van der Waals surface area contributed by atoms with Crippen LogP contribution < -0.4 is 0 Å². The molecule has 1 radical (unpaired) electrons. The molecule has 0 aromatic heterocycles. The van der Waals surface area contributed by atoms with Gasteiger partial charge in [0.25, 0.3) is 0 Å². The Bertz CT molecular complexity index is 74.7. The third-order valence-corrected chi connectivity index (χ3v) is 1.29. The number of hydrogen-bond acceptors (Lipinski definition) is 4. The van der Waals surface area contributed by atoms with Gasteiger partial charge in [-0.25, -0.2) is 4.90 Å². The van der Waals surface area contributed by atoms with Gasteiger partial charge in [-0.2, -0.15) is 0 Å². The predicted octanol–water partition coefficient (Wildman–Crippen LogP) is -0.246. The van der Waals surface area contributed by atoms with Gasteiger partial charge in [0.05, 0.1) is 0 Å². The fraction of sp³-hybridized carbons (Fsp3) is 0.857. The summed E-state index contributed by atoms with van der Waals surface area (Å²) < 4.78 is 0. The van der Waals surface area contributed by atoms with Crippen molar-refractivity contribution in [1.82, 2.24) is 4.90 Å². The highest BCUT2D eigenvalue weighted by molar-refractivity contribution is 4.58. The second kappa shape index (κ2) is 5.49. The molecule has 4 heteroatoms. The summed E-state index contributed by atoms with van der Waals surface area (Å²) in [5.41, 5.74) is 0. The van der Waals surface area contributed by atoms with E-state index < -0.39 is 18.7 Å². The average molecular weight is 164 g/mol. The fourth-order valence-corrected chi connectivity index (χ4v) is 0.937. The molecule has 0 aliphatic rings. The van der Waals surface area contributed by atoms with Crippen molar-refractivity contribution in [3.8, 4) is 0 Å². The maximum absolute atomic E-state index is 8.96. The first-order valence-electron chi connectivity index (χ1n) is 3.28. The minimum atomic E-state index is -0.833. The molecule has 0 fully saturated rings. The molecule has 0 saturated carbocycles. The van der Waals surface area contributed by atoms with Crippen LogP contribution >= 0.6 is 0 Å². The Morgan fingerprint density at radius 2 is 1.00 bits per heavy atom. The number of rotatable bonds is 3. The molecule has 0 aromatic carbocycles. The SMILES string of the molecule is CC(O)N(C(C)O)C(C)O.[CH3]. The van der Waals surface area contributed by atoms with Gasteiger partial charge in [0.15, 0.2) is 0 Å². The number of aliphatic hydroxyl groups excluding tert-OH is 3. The molecule has 11 heavy (non-hydrogen) atoms. The summed E-state index contributed by atoms with van der Waals surface area (Å²) in [6.45, 7) is 4.46. The molecule has 3 atom stereocenters. The monoisotopic (exact) mass is 164 g/mol. The second-order valence-corrected chi connectivity index (χ2v) is 2.34. The standard InChI is InChI=1S/C6H15NO3.CH3/c1-4(8)7(5(2)9)6(3)10;/h4-6,8-10H,1-3H3;1H3. The molecule has 3 unspecified atom stereocenters. The van der Waals surface area contributed by atoms with Crippen LogP contribution in [0.25, 0.3) is 0 Å². The first kappa shape index (κ1) is 13.4. The van der Waals surface area contributed by atoms with E-state index >= 15 is 0 Å². The van der Waals surface area contributed by atoms with E-state index in [9.17, 15) is 0 Å². The highest BCUT2D eigenvalue weighted by Gasteiger charge is 2.19. The molecular formula is C7H18NO3. The van der Waals surface area contributed by atoms with Gasteiger partial charge in [-0.1, -0.05) is 7.43 Å². The molecule has 3 N–H and O–H groups in total. The van der Waals surface area contributed by atoms with E-state index in [4.69, 9.17) is 15.3 Å². The van der Waals surface area contributed by atoms with Gasteiger partial charge < -0.3 is 15.3 Å². The molecule has 0 rings (SSSR count). The Morgan fingerprint density at radius 1 is 0.818 bits per heavy atom. The molecular weight excluding hydrogens is 146 g/mol. The van der Waals surface area contributed by atoms with Crippen LogP contribution in [0.15, 0.2) is 0 Å². The topological polar surface area (TPSA) is 63.9 Å². The van der Waals surface area contributed by atoms with Crippen LogP contribution in [0.5, 0.6) is 0 Å². The average Bonchev–Trinajstić information content (AvgIpc) is 1.59. The summed E-state index contributed by atoms with van der Waals surface area (Å²) >= 11 is 0. The third kappa shape index (κ3) is 4.31. The fourth-order valence-electron chi connectivity index (χ4n) is 0.937. The molecule has 4 nitrogen and oxygen atoms in total. The van der Waals surface area contributed by atoms with Crippen molar-refractivity contribution in [2.24, 2.45) is 0 Å². The van der Waals surface area contributed by atoms with Gasteiger partial charge in [0, 0.05) is 0 Å². The normalized spacial score (nSPS) is 18.8. The van der Waals surface area contributed by atoms with Crippen molar-refractivity contribution in [3.63, 3.8) is 0 Å². The molecule has 69 valence electrons. The molecule has 0 spiro atoms. The molecule has 0 bridgehead atoms. The van der Waals surface area contributed by atoms with Crippen LogP contribution in [-0.4, -0.2) is 38.9 Å². The Labute approximate surface area is 68.1 Å². The van der Waals surface area contributed by atoms with E-state index in [0.29, 0.717) is 0 Å². The van der Waals surface area contributed by atoms with Crippen LogP contribution in [0.2, 0.25) is 0 Å². The third-order valence-electron chi connectivity index (χ3n) is 1.29. The van der Waals surface area contributed by atoms with E-state index in [0.717, 1.165) is 0 Å². The van der Waals surface area contributed by atoms with Crippen molar-refractivity contribution in [2.75, 3.05) is 0 Å². The zero-order chi connectivity index (χ0) is 8.31. The minimum absolute atomic E-state index is 0. The number of aliphatic hydroxyl groups is 3. The van der Waals surface area contributed by atoms with Gasteiger partial charge in [-0.3, -0.25) is 0 Å². The lowest BCUT2D eigenvalue weighted by Crippen LogP contribution is -2.45. The Morgan fingerprint density at radius 3 is 1.00 bits per heavy atom. The largest absolute Gasteiger partial charge is 0.379 e. The number of nitrogens with zero attached hydrogens (tertiary/aromatic N) is 1.